The highest BCUT2D eigenvalue weighted by Crippen LogP contribution is 2.57. The van der Waals surface area contributed by atoms with Gasteiger partial charge in [-0.05, 0) is 47.0 Å². The molecule has 3 unspecified atom stereocenters. The lowest BCUT2D eigenvalue weighted by atomic mass is 9.51. The van der Waals surface area contributed by atoms with Crippen molar-refractivity contribution in [2.24, 2.45) is 10.4 Å². The molecule has 24 heavy (non-hydrogen) atoms. The number of rotatable bonds is 6. The summed E-state index contributed by atoms with van der Waals surface area (Å²) >= 11 is 0. The van der Waals surface area contributed by atoms with E-state index in [0.717, 1.165) is 19.0 Å². The molecule has 2 N–H and O–H groups in total. The number of halogens is 1. The molecule has 3 atom stereocenters. The minimum Gasteiger partial charge on any atom is -0.378 e. The molecule has 1 spiro atoms. The Morgan fingerprint density at radius 2 is 2.04 bits per heavy atom. The second kappa shape index (κ2) is 9.16. The smallest absolute Gasteiger partial charge is 0.191 e. The fraction of sp³-hybridized carbons (Fsp3) is 0.941. The van der Waals surface area contributed by atoms with Crippen LogP contribution in [0.1, 0.15) is 53.4 Å². The fourth-order valence-electron chi connectivity index (χ4n) is 3.57. The molecule has 2 saturated carbocycles. The van der Waals surface area contributed by atoms with E-state index in [9.17, 15) is 4.21 Å². The number of ether oxygens (including phenoxy) is 1. The lowest BCUT2D eigenvalue weighted by Crippen LogP contribution is -2.68. The van der Waals surface area contributed by atoms with E-state index in [1.807, 2.05) is 20.8 Å². The Bertz CT molecular complexity index is 461. The summed E-state index contributed by atoms with van der Waals surface area (Å²) in [6, 6.07) is 0.451. The summed E-state index contributed by atoms with van der Waals surface area (Å²) in [6.07, 6.45) is 5.27. The first-order chi connectivity index (χ1) is 10.8. The van der Waals surface area contributed by atoms with Crippen molar-refractivity contribution in [1.29, 1.82) is 0 Å². The first kappa shape index (κ1) is 22.2. The van der Waals surface area contributed by atoms with Crippen LogP contribution in [0.5, 0.6) is 0 Å². The summed E-state index contributed by atoms with van der Waals surface area (Å²) in [5.41, 5.74) is 0.321. The molecule has 7 heteroatoms. The minimum atomic E-state index is -0.836. The largest absolute Gasteiger partial charge is 0.378 e. The van der Waals surface area contributed by atoms with Crippen LogP contribution >= 0.6 is 24.0 Å². The minimum absolute atomic E-state index is 0. The molecule has 0 aromatic carbocycles. The number of aliphatic imine (C=N–C) groups is 1. The van der Waals surface area contributed by atoms with Crippen molar-refractivity contribution in [2.45, 2.75) is 70.3 Å². The number of hydrogen-bond donors (Lipinski definition) is 2. The van der Waals surface area contributed by atoms with Crippen LogP contribution in [0.4, 0.5) is 0 Å². The normalized spacial score (nSPS) is 26.8. The van der Waals surface area contributed by atoms with Crippen molar-refractivity contribution in [3.63, 3.8) is 0 Å². The van der Waals surface area contributed by atoms with Crippen LogP contribution in [0.3, 0.4) is 0 Å². The highest BCUT2D eigenvalue weighted by atomic mass is 127. The zero-order chi connectivity index (χ0) is 17.1. The monoisotopic (exact) mass is 471 g/mol. The maximum atomic E-state index is 12.1. The van der Waals surface area contributed by atoms with Gasteiger partial charge < -0.3 is 15.4 Å². The molecule has 2 rings (SSSR count). The second-order valence-electron chi connectivity index (χ2n) is 7.62. The molecule has 142 valence electrons. The first-order valence-corrected chi connectivity index (χ1v) is 10.1. The van der Waals surface area contributed by atoms with E-state index in [1.54, 1.807) is 7.05 Å². The van der Waals surface area contributed by atoms with Gasteiger partial charge in [-0.2, -0.15) is 0 Å². The molecule has 2 fully saturated rings. The molecule has 0 aromatic heterocycles. The second-order valence-corrected chi connectivity index (χ2v) is 9.95. The Kier molecular flexibility index (Phi) is 8.46. The van der Waals surface area contributed by atoms with Crippen LogP contribution in [0, 0.1) is 5.41 Å². The van der Waals surface area contributed by atoms with Gasteiger partial charge in [0, 0.05) is 53.0 Å². The summed E-state index contributed by atoms with van der Waals surface area (Å²) in [5, 5.41) is 6.87. The third kappa shape index (κ3) is 4.84. The van der Waals surface area contributed by atoms with E-state index >= 15 is 0 Å². The third-order valence-corrected chi connectivity index (χ3v) is 7.18. The Morgan fingerprint density at radius 1 is 1.38 bits per heavy atom. The molecule has 0 aromatic rings. The van der Waals surface area contributed by atoms with Gasteiger partial charge in [-0.15, -0.1) is 24.0 Å². The zero-order valence-electron chi connectivity index (χ0n) is 15.7. The maximum absolute atomic E-state index is 12.1. The van der Waals surface area contributed by atoms with Gasteiger partial charge in [0.25, 0.3) is 0 Å². The summed E-state index contributed by atoms with van der Waals surface area (Å²) in [6.45, 7) is 9.59. The molecule has 0 bridgehead atoms. The molecule has 5 nitrogen and oxygen atoms in total. The molecule has 0 heterocycles. The summed E-state index contributed by atoms with van der Waals surface area (Å²) in [4.78, 5) is 4.32. The standard InChI is InChI=1S/C17H33N3O2S.HI/c1-6-22-14-12-13(17(14)8-7-9-17)20-15(18-5)19-10-11-23(21)16(2,3)4;/h13-14H,6-12H2,1-5H3,(H2,18,19,20);1H. The van der Waals surface area contributed by atoms with Gasteiger partial charge in [0.2, 0.25) is 0 Å². The van der Waals surface area contributed by atoms with Crippen LogP contribution < -0.4 is 10.6 Å². The highest BCUT2D eigenvalue weighted by Gasteiger charge is 2.59. The van der Waals surface area contributed by atoms with Gasteiger partial charge in [0.1, 0.15) is 0 Å². The van der Waals surface area contributed by atoms with Gasteiger partial charge in [0.15, 0.2) is 5.96 Å². The summed E-state index contributed by atoms with van der Waals surface area (Å²) in [5.74, 6) is 1.46. The van der Waals surface area contributed by atoms with Crippen molar-refractivity contribution in [1.82, 2.24) is 10.6 Å². The Labute approximate surface area is 166 Å². The van der Waals surface area contributed by atoms with E-state index in [4.69, 9.17) is 4.74 Å². The van der Waals surface area contributed by atoms with Gasteiger partial charge in [0.05, 0.1) is 6.10 Å². The molecule has 0 radical (unpaired) electrons. The molecule has 2 aliphatic rings. The predicted molar refractivity (Wildman–Crippen MR) is 113 cm³/mol. The quantitative estimate of drug-likeness (QED) is 0.355. The average Bonchev–Trinajstić information content (AvgIpc) is 2.41. The van der Waals surface area contributed by atoms with Crippen molar-refractivity contribution < 1.29 is 8.95 Å². The Morgan fingerprint density at radius 3 is 2.50 bits per heavy atom. The zero-order valence-corrected chi connectivity index (χ0v) is 18.8. The van der Waals surface area contributed by atoms with E-state index < -0.39 is 10.8 Å². The van der Waals surface area contributed by atoms with Crippen LogP contribution in [-0.4, -0.2) is 53.0 Å². The maximum Gasteiger partial charge on any atom is 0.191 e. The molecule has 0 aliphatic heterocycles. The van der Waals surface area contributed by atoms with Crippen LogP contribution in [0.2, 0.25) is 0 Å². The Hall–Kier alpha value is 0.110. The average molecular weight is 471 g/mol. The first-order valence-electron chi connectivity index (χ1n) is 8.80. The summed E-state index contributed by atoms with van der Waals surface area (Å²) < 4.78 is 17.8. The molecular weight excluding hydrogens is 437 g/mol. The third-order valence-electron chi connectivity index (χ3n) is 5.23. The van der Waals surface area contributed by atoms with E-state index in [-0.39, 0.29) is 28.7 Å². The van der Waals surface area contributed by atoms with Gasteiger partial charge in [-0.25, -0.2) is 0 Å². The lowest BCUT2D eigenvalue weighted by molar-refractivity contribution is -0.168. The van der Waals surface area contributed by atoms with Gasteiger partial charge in [-0.1, -0.05) is 6.42 Å². The molecular formula is C17H34IN3O2S. The van der Waals surface area contributed by atoms with Crippen molar-refractivity contribution >= 4 is 40.7 Å². The number of hydrogen-bond acceptors (Lipinski definition) is 3. The van der Waals surface area contributed by atoms with Gasteiger partial charge in [-0.3, -0.25) is 9.20 Å². The van der Waals surface area contributed by atoms with Crippen molar-refractivity contribution in [3.8, 4) is 0 Å². The van der Waals surface area contributed by atoms with E-state index in [2.05, 4.69) is 22.5 Å². The van der Waals surface area contributed by atoms with E-state index in [0.29, 0.717) is 29.9 Å². The number of guanidine groups is 1. The topological polar surface area (TPSA) is 62.7 Å². The van der Waals surface area contributed by atoms with Crippen LogP contribution in [0.15, 0.2) is 4.99 Å². The highest BCUT2D eigenvalue weighted by molar-refractivity contribution is 14.0. The predicted octanol–water partition coefficient (Wildman–Crippen LogP) is 2.66. The number of nitrogens with zero attached hydrogens (tertiary/aromatic N) is 1. The Balaban J connectivity index is 0.00000288. The fourth-order valence-corrected chi connectivity index (χ4v) is 4.47. The summed E-state index contributed by atoms with van der Waals surface area (Å²) in [7, 11) is 0.958. The van der Waals surface area contributed by atoms with Crippen molar-refractivity contribution in [3.05, 3.63) is 0 Å². The molecule has 0 amide bonds. The molecule has 0 saturated heterocycles. The van der Waals surface area contributed by atoms with Gasteiger partial charge >= 0.3 is 0 Å². The molecule has 2 aliphatic carbocycles. The van der Waals surface area contributed by atoms with E-state index in [1.165, 1.54) is 19.3 Å². The lowest BCUT2D eigenvalue weighted by Gasteiger charge is -2.61. The van der Waals surface area contributed by atoms with Crippen LogP contribution in [-0.2, 0) is 15.5 Å². The number of nitrogens with one attached hydrogen (secondary N) is 2. The van der Waals surface area contributed by atoms with Crippen LogP contribution in [0.25, 0.3) is 0 Å². The van der Waals surface area contributed by atoms with Crippen molar-refractivity contribution in [2.75, 3.05) is 26.0 Å². The SMILES string of the molecule is CCOC1CC(NC(=NC)NCCS(=O)C(C)(C)C)C12CCC2.I.